The van der Waals surface area contributed by atoms with Crippen molar-refractivity contribution in [2.75, 3.05) is 43.6 Å². The zero-order valence-corrected chi connectivity index (χ0v) is 35.7. The molecule has 1 atom stereocenters. The molecular formula is C44H47N11O7S. The molecule has 4 N–H and O–H groups in total. The maximum atomic E-state index is 13.3. The monoisotopic (exact) mass is 873 g/mol. The van der Waals surface area contributed by atoms with Crippen molar-refractivity contribution in [2.24, 2.45) is 0 Å². The molecule has 1 saturated carbocycles. The summed E-state index contributed by atoms with van der Waals surface area (Å²) in [4.78, 5) is 68.7. The van der Waals surface area contributed by atoms with Gasteiger partial charge in [-0.3, -0.25) is 39.2 Å². The van der Waals surface area contributed by atoms with E-state index in [4.69, 9.17) is 14.5 Å². The number of pyridine rings is 1. The number of ether oxygens (including phenoxy) is 2. The highest BCUT2D eigenvalue weighted by atomic mass is 32.1. The van der Waals surface area contributed by atoms with Crippen LogP contribution in [-0.4, -0.2) is 110 Å². The van der Waals surface area contributed by atoms with Gasteiger partial charge in [-0.2, -0.15) is 10.4 Å². The van der Waals surface area contributed by atoms with E-state index in [1.54, 1.807) is 46.3 Å². The molecular weight excluding hydrogens is 827 g/mol. The van der Waals surface area contributed by atoms with Gasteiger partial charge in [0.15, 0.2) is 5.01 Å². The van der Waals surface area contributed by atoms with Crippen LogP contribution in [0.4, 0.5) is 11.4 Å². The van der Waals surface area contributed by atoms with Crippen LogP contribution in [0, 0.1) is 11.3 Å². The van der Waals surface area contributed by atoms with Crippen molar-refractivity contribution >= 4 is 57.8 Å². The molecule has 8 rings (SSSR count). The van der Waals surface area contributed by atoms with E-state index in [1.165, 1.54) is 0 Å². The molecule has 0 spiro atoms. The van der Waals surface area contributed by atoms with Crippen LogP contribution in [0.3, 0.4) is 0 Å². The summed E-state index contributed by atoms with van der Waals surface area (Å²) >= 11 is 1.58. The fourth-order valence-electron chi connectivity index (χ4n) is 8.15. The lowest BCUT2D eigenvalue weighted by Crippen LogP contribution is -2.54. The van der Waals surface area contributed by atoms with E-state index in [0.29, 0.717) is 37.6 Å². The minimum absolute atomic E-state index is 0.0524. The van der Waals surface area contributed by atoms with Crippen LogP contribution < -0.4 is 21.3 Å². The van der Waals surface area contributed by atoms with Crippen molar-refractivity contribution < 1.29 is 33.4 Å². The summed E-state index contributed by atoms with van der Waals surface area (Å²) in [7, 11) is 0. The number of fused-ring (bicyclic) bond motifs is 2. The van der Waals surface area contributed by atoms with Crippen LogP contribution in [0.25, 0.3) is 27.5 Å². The molecule has 0 bridgehead atoms. The highest BCUT2D eigenvalue weighted by Gasteiger charge is 2.45. The fourth-order valence-corrected chi connectivity index (χ4v) is 9.19. The van der Waals surface area contributed by atoms with E-state index in [9.17, 15) is 29.2 Å². The van der Waals surface area contributed by atoms with Crippen molar-refractivity contribution in [1.29, 1.82) is 5.26 Å². The lowest BCUT2D eigenvalue weighted by Gasteiger charge is -2.27. The summed E-state index contributed by atoms with van der Waals surface area (Å²) in [5.41, 5.74) is 5.48. The Morgan fingerprint density at radius 1 is 0.937 bits per heavy atom. The van der Waals surface area contributed by atoms with Gasteiger partial charge in [0.25, 0.3) is 11.8 Å². The molecule has 5 aromatic rings. The standard InChI is InChI=1S/C44H47N11O7S/c1-25(2)49-33-21-34(35-11-10-29-20-26(22-45)23-48-55(29)35)47-24-31(33)42-53-52-41(63-42)27-6-8-28(9-7-27)50-38(57)14-16-61-18-19-62-17-15-46-32-5-3-4-30-39(32)44(60)54(43(30)59)36-12-13-37(56)51-40(36)58/h3-5,10-11,20-21,23-25,27-28,36,46H,6-9,12-19H2,1-2H3,(H,47,49)(H,50,57)(H,51,56,58). The first-order chi connectivity index (χ1) is 30.6. The van der Waals surface area contributed by atoms with Crippen LogP contribution in [0.5, 0.6) is 0 Å². The molecule has 2 aliphatic heterocycles. The Morgan fingerprint density at radius 2 is 1.75 bits per heavy atom. The zero-order chi connectivity index (χ0) is 44.0. The number of rotatable bonds is 17. The summed E-state index contributed by atoms with van der Waals surface area (Å²) in [6, 6.07) is 13.9. The van der Waals surface area contributed by atoms with E-state index < -0.39 is 29.7 Å². The van der Waals surface area contributed by atoms with Gasteiger partial charge in [0, 0.05) is 55.0 Å². The van der Waals surface area contributed by atoms with Gasteiger partial charge in [0.05, 0.1) is 71.8 Å². The van der Waals surface area contributed by atoms with Crippen LogP contribution in [-0.2, 0) is 23.9 Å². The average molecular weight is 874 g/mol. The number of amides is 5. The number of aromatic nitrogens is 5. The normalized spacial score (nSPS) is 18.7. The first-order valence-electron chi connectivity index (χ1n) is 21.1. The number of hydrogen-bond donors (Lipinski definition) is 4. The van der Waals surface area contributed by atoms with Gasteiger partial charge >= 0.3 is 0 Å². The number of anilines is 2. The van der Waals surface area contributed by atoms with Crippen molar-refractivity contribution in [2.45, 2.75) is 82.8 Å². The number of carbonyl (C=O) groups is 5. The highest BCUT2D eigenvalue weighted by Crippen LogP contribution is 2.39. The van der Waals surface area contributed by atoms with Gasteiger partial charge in [-0.25, -0.2) is 4.52 Å². The molecule has 1 saturated heterocycles. The second-order valence-corrected chi connectivity index (χ2v) is 17.0. The van der Waals surface area contributed by atoms with Crippen LogP contribution in [0.1, 0.15) is 96.0 Å². The summed E-state index contributed by atoms with van der Waals surface area (Å²) in [6.07, 6.45) is 7.21. The molecule has 5 amide bonds. The Bertz CT molecular complexity index is 2590. The number of piperidine rings is 1. The molecule has 326 valence electrons. The van der Waals surface area contributed by atoms with Gasteiger partial charge in [-0.05, 0) is 82.3 Å². The van der Waals surface area contributed by atoms with Crippen LogP contribution in [0.15, 0.2) is 54.9 Å². The third-order valence-corrected chi connectivity index (χ3v) is 12.3. The lowest BCUT2D eigenvalue weighted by atomic mass is 9.86. The van der Waals surface area contributed by atoms with Gasteiger partial charge < -0.3 is 25.4 Å². The molecule has 19 heteroatoms. The number of carbonyl (C=O) groups excluding carboxylic acids is 5. The minimum atomic E-state index is -1.03. The molecule has 1 unspecified atom stereocenters. The van der Waals surface area contributed by atoms with Gasteiger partial charge in [0.2, 0.25) is 17.7 Å². The first kappa shape index (κ1) is 43.0. The minimum Gasteiger partial charge on any atom is -0.382 e. The predicted octanol–water partition coefficient (Wildman–Crippen LogP) is 4.69. The van der Waals surface area contributed by atoms with Crippen LogP contribution >= 0.6 is 11.3 Å². The number of nitriles is 1. The van der Waals surface area contributed by atoms with E-state index in [2.05, 4.69) is 56.5 Å². The predicted molar refractivity (Wildman–Crippen MR) is 232 cm³/mol. The number of benzene rings is 1. The topological polar surface area (TPSA) is 235 Å². The van der Waals surface area contributed by atoms with E-state index in [0.717, 1.165) is 68.8 Å². The zero-order valence-electron chi connectivity index (χ0n) is 34.9. The lowest BCUT2D eigenvalue weighted by molar-refractivity contribution is -0.136. The molecule has 18 nitrogen and oxygen atoms in total. The Kier molecular flexibility index (Phi) is 13.1. The quantitative estimate of drug-likeness (QED) is 0.0734. The Labute approximate surface area is 366 Å². The fraction of sp³-hybridized carbons (Fsp3) is 0.409. The molecule has 4 aromatic heterocycles. The van der Waals surface area contributed by atoms with Crippen molar-refractivity contribution in [1.82, 2.24) is 40.3 Å². The average Bonchev–Trinajstić information content (AvgIpc) is 4.00. The summed E-state index contributed by atoms with van der Waals surface area (Å²) in [5, 5.41) is 36.7. The molecule has 3 aliphatic rings. The largest absolute Gasteiger partial charge is 0.382 e. The first-order valence-corrected chi connectivity index (χ1v) is 21.9. The SMILES string of the molecule is CC(C)Nc1cc(-c2ccc3cc(C#N)cnn23)ncc1-c1nnc(C2CCC(NC(=O)CCOCCOCCNc3cccc4c3C(=O)N(C3CCC(=O)NC3=O)C4=O)CC2)s1. The molecule has 6 heterocycles. The summed E-state index contributed by atoms with van der Waals surface area (Å²) in [6.45, 7) is 5.68. The number of nitrogens with zero attached hydrogens (tertiary/aromatic N) is 7. The molecule has 1 aromatic carbocycles. The van der Waals surface area contributed by atoms with Crippen molar-refractivity contribution in [3.63, 3.8) is 0 Å². The van der Waals surface area contributed by atoms with Crippen LogP contribution in [0.2, 0.25) is 0 Å². The number of hydrogen-bond acceptors (Lipinski definition) is 15. The molecule has 2 fully saturated rings. The van der Waals surface area contributed by atoms with E-state index in [1.807, 2.05) is 24.4 Å². The Balaban J connectivity index is 0.734. The van der Waals surface area contributed by atoms with Gasteiger partial charge in [0.1, 0.15) is 17.1 Å². The summed E-state index contributed by atoms with van der Waals surface area (Å²) in [5.74, 6) is -2.02. The molecule has 63 heavy (non-hydrogen) atoms. The maximum absolute atomic E-state index is 13.3. The number of imide groups is 2. The second-order valence-electron chi connectivity index (χ2n) is 16.0. The maximum Gasteiger partial charge on any atom is 0.264 e. The molecule has 0 radical (unpaired) electrons. The highest BCUT2D eigenvalue weighted by molar-refractivity contribution is 7.14. The van der Waals surface area contributed by atoms with E-state index >= 15 is 0 Å². The Morgan fingerprint density at radius 3 is 2.52 bits per heavy atom. The summed E-state index contributed by atoms with van der Waals surface area (Å²) < 4.78 is 13.1. The Hall–Kier alpha value is -6.62. The third kappa shape index (κ3) is 9.57. The van der Waals surface area contributed by atoms with E-state index in [-0.39, 0.29) is 60.9 Å². The smallest absolute Gasteiger partial charge is 0.264 e. The molecule has 1 aliphatic carbocycles. The second kappa shape index (κ2) is 19.2. The third-order valence-electron chi connectivity index (χ3n) is 11.2. The van der Waals surface area contributed by atoms with Crippen molar-refractivity contribution in [3.8, 4) is 28.0 Å². The van der Waals surface area contributed by atoms with Gasteiger partial charge in [-0.15, -0.1) is 10.2 Å². The van der Waals surface area contributed by atoms with Gasteiger partial charge in [-0.1, -0.05) is 17.4 Å². The van der Waals surface area contributed by atoms with Crippen molar-refractivity contribution in [3.05, 3.63) is 76.6 Å². The number of nitrogens with one attached hydrogen (secondary N) is 4.